The molecule has 0 saturated heterocycles. The fourth-order valence-corrected chi connectivity index (χ4v) is 3.67. The molecule has 0 amide bonds. The van der Waals surface area contributed by atoms with Gasteiger partial charge in [0.25, 0.3) is 0 Å². The van der Waals surface area contributed by atoms with Crippen molar-refractivity contribution >= 4 is 17.7 Å². The molecule has 1 aliphatic heterocycles. The fourth-order valence-electron chi connectivity index (χ4n) is 3.67. The predicted molar refractivity (Wildman–Crippen MR) is 107 cm³/mol. The van der Waals surface area contributed by atoms with Crippen molar-refractivity contribution in [3.8, 4) is 0 Å². The van der Waals surface area contributed by atoms with E-state index < -0.39 is 11.7 Å². The summed E-state index contributed by atoms with van der Waals surface area (Å²) in [6, 6.07) is 6.56. The first-order chi connectivity index (χ1) is 13.0. The molecule has 1 aromatic heterocycles. The quantitative estimate of drug-likeness (QED) is 0.550. The molecule has 1 atom stereocenters. The van der Waals surface area contributed by atoms with Crippen LogP contribution in [0.4, 0.5) is 24.7 Å². The van der Waals surface area contributed by atoms with Gasteiger partial charge >= 0.3 is 6.18 Å². The van der Waals surface area contributed by atoms with Crippen molar-refractivity contribution in [1.82, 2.24) is 4.98 Å². The summed E-state index contributed by atoms with van der Waals surface area (Å²) in [4.78, 5) is 6.08. The van der Waals surface area contributed by atoms with Gasteiger partial charge in [-0.1, -0.05) is 6.92 Å². The highest BCUT2D eigenvalue weighted by atomic mass is 19.4. The van der Waals surface area contributed by atoms with Crippen molar-refractivity contribution in [2.45, 2.75) is 51.7 Å². The molecule has 4 nitrogen and oxygen atoms in total. The van der Waals surface area contributed by atoms with Crippen molar-refractivity contribution in [2.24, 2.45) is 5.10 Å². The summed E-state index contributed by atoms with van der Waals surface area (Å²) < 4.78 is 37.8. The Kier molecular flexibility index (Phi) is 5.12. The molecule has 2 heterocycles. The van der Waals surface area contributed by atoms with Gasteiger partial charge in [-0.15, -0.1) is 0 Å². The lowest BCUT2D eigenvalue weighted by Gasteiger charge is -2.45. The number of hydrogen-bond donors (Lipinski definition) is 1. The van der Waals surface area contributed by atoms with E-state index in [0.29, 0.717) is 5.92 Å². The van der Waals surface area contributed by atoms with Gasteiger partial charge < -0.3 is 4.90 Å². The van der Waals surface area contributed by atoms with Crippen molar-refractivity contribution in [3.63, 3.8) is 0 Å². The van der Waals surface area contributed by atoms with E-state index in [0.717, 1.165) is 29.8 Å². The zero-order chi connectivity index (χ0) is 20.7. The van der Waals surface area contributed by atoms with Crippen LogP contribution in [0.2, 0.25) is 0 Å². The zero-order valence-corrected chi connectivity index (χ0v) is 16.7. The molecule has 3 rings (SSSR count). The van der Waals surface area contributed by atoms with Crippen LogP contribution in [-0.4, -0.2) is 23.8 Å². The summed E-state index contributed by atoms with van der Waals surface area (Å²) in [6.45, 7) is 8.75. The minimum atomic E-state index is -4.40. The molecule has 0 fully saturated rings. The van der Waals surface area contributed by atoms with Crippen LogP contribution in [0.5, 0.6) is 0 Å². The van der Waals surface area contributed by atoms with E-state index in [1.54, 1.807) is 6.21 Å². The number of aromatic nitrogens is 1. The number of fused-ring (bicyclic) bond motifs is 1. The number of alkyl halides is 3. The molecule has 0 bridgehead atoms. The Morgan fingerprint density at radius 3 is 2.61 bits per heavy atom. The van der Waals surface area contributed by atoms with Gasteiger partial charge in [-0.2, -0.15) is 18.3 Å². The number of hydrazone groups is 1. The number of nitrogens with zero attached hydrogens (tertiary/aromatic N) is 3. The Morgan fingerprint density at radius 2 is 2.00 bits per heavy atom. The summed E-state index contributed by atoms with van der Waals surface area (Å²) in [6.07, 6.45) is -0.861. The van der Waals surface area contributed by atoms with Crippen LogP contribution in [0.15, 0.2) is 35.6 Å². The van der Waals surface area contributed by atoms with Gasteiger partial charge in [0, 0.05) is 24.5 Å². The molecule has 7 heteroatoms. The maximum Gasteiger partial charge on any atom is 0.417 e. The lowest BCUT2D eigenvalue weighted by molar-refractivity contribution is -0.137. The Labute approximate surface area is 163 Å². The maximum atomic E-state index is 12.6. The Bertz CT molecular complexity index is 886. The van der Waals surface area contributed by atoms with E-state index in [4.69, 9.17) is 0 Å². The number of pyridine rings is 1. The number of hydrogen-bond acceptors (Lipinski definition) is 4. The van der Waals surface area contributed by atoms with Crippen molar-refractivity contribution < 1.29 is 13.2 Å². The number of nitrogens with one attached hydrogen (secondary N) is 1. The SMILES string of the molecule is Cc1cc2c(cc1/C=N/Nc1ccc(C(F)(F)F)cn1)C(C)CC(C)(C)N2C. The van der Waals surface area contributed by atoms with E-state index in [1.165, 1.54) is 17.3 Å². The Hall–Kier alpha value is -2.57. The van der Waals surface area contributed by atoms with E-state index >= 15 is 0 Å². The molecule has 0 aliphatic carbocycles. The molecule has 1 aliphatic rings. The standard InChI is InChI=1S/C21H25F3N4/c1-13-8-18-17(14(2)10-20(3,4)28(18)5)9-15(13)11-26-27-19-7-6-16(12-25-19)21(22,23)24/h6-9,11-12,14H,10H2,1-5H3,(H,25,27)/b26-11+. The smallest absolute Gasteiger partial charge is 0.369 e. The third-order valence-corrected chi connectivity index (χ3v) is 5.49. The molecular formula is C21H25F3N4. The van der Waals surface area contributed by atoms with Gasteiger partial charge in [-0.05, 0) is 74.1 Å². The third kappa shape index (κ3) is 3.98. The van der Waals surface area contributed by atoms with Gasteiger partial charge in [-0.25, -0.2) is 4.98 Å². The van der Waals surface area contributed by atoms with Crippen molar-refractivity contribution in [1.29, 1.82) is 0 Å². The largest absolute Gasteiger partial charge is 0.417 e. The number of halogens is 3. The van der Waals surface area contributed by atoms with Crippen LogP contribution in [0.25, 0.3) is 0 Å². The molecule has 1 aromatic carbocycles. The number of benzene rings is 1. The Balaban J connectivity index is 1.79. The van der Waals surface area contributed by atoms with Crippen LogP contribution in [0.1, 0.15) is 55.4 Å². The maximum absolute atomic E-state index is 12.6. The molecule has 1 unspecified atom stereocenters. The molecule has 2 aromatic rings. The molecule has 1 N–H and O–H groups in total. The van der Waals surface area contributed by atoms with Gasteiger partial charge in [0.15, 0.2) is 0 Å². The van der Waals surface area contributed by atoms with Crippen molar-refractivity contribution in [3.05, 3.63) is 52.7 Å². The predicted octanol–water partition coefficient (Wildman–Crippen LogP) is 5.58. The highest BCUT2D eigenvalue weighted by Gasteiger charge is 2.34. The fraction of sp³-hybridized carbons (Fsp3) is 0.429. The molecule has 0 radical (unpaired) electrons. The van der Waals surface area contributed by atoms with Crippen LogP contribution >= 0.6 is 0 Å². The van der Waals surface area contributed by atoms with E-state index in [1.807, 2.05) is 6.92 Å². The van der Waals surface area contributed by atoms with E-state index in [2.05, 4.69) is 60.4 Å². The minimum absolute atomic E-state index is 0.101. The van der Waals surface area contributed by atoms with Crippen LogP contribution in [-0.2, 0) is 6.18 Å². The van der Waals surface area contributed by atoms with Crippen LogP contribution in [0, 0.1) is 6.92 Å². The van der Waals surface area contributed by atoms with E-state index in [9.17, 15) is 13.2 Å². The first-order valence-electron chi connectivity index (χ1n) is 9.20. The highest BCUT2D eigenvalue weighted by Crippen LogP contribution is 2.43. The van der Waals surface area contributed by atoms with Gasteiger partial charge in [0.05, 0.1) is 11.8 Å². The second kappa shape index (κ2) is 7.11. The summed E-state index contributed by atoms with van der Waals surface area (Å²) in [7, 11) is 2.12. The molecule has 150 valence electrons. The lowest BCUT2D eigenvalue weighted by atomic mass is 9.79. The van der Waals surface area contributed by atoms with Gasteiger partial charge in [-0.3, -0.25) is 5.43 Å². The first-order valence-corrected chi connectivity index (χ1v) is 9.20. The van der Waals surface area contributed by atoms with Crippen molar-refractivity contribution in [2.75, 3.05) is 17.4 Å². The first kappa shape index (κ1) is 20.2. The number of aryl methyl sites for hydroxylation is 1. The lowest BCUT2D eigenvalue weighted by Crippen LogP contribution is -2.45. The molecule has 0 saturated carbocycles. The van der Waals surface area contributed by atoms with E-state index in [-0.39, 0.29) is 11.4 Å². The summed E-state index contributed by atoms with van der Waals surface area (Å²) in [5, 5.41) is 4.15. The average Bonchev–Trinajstić information content (AvgIpc) is 2.60. The minimum Gasteiger partial charge on any atom is -0.369 e. The highest BCUT2D eigenvalue weighted by molar-refractivity contribution is 5.84. The molecular weight excluding hydrogens is 365 g/mol. The second-order valence-corrected chi connectivity index (χ2v) is 8.04. The zero-order valence-electron chi connectivity index (χ0n) is 16.7. The third-order valence-electron chi connectivity index (χ3n) is 5.49. The van der Waals surface area contributed by atoms with Crippen LogP contribution < -0.4 is 10.3 Å². The monoisotopic (exact) mass is 390 g/mol. The van der Waals surface area contributed by atoms with Gasteiger partial charge in [0.2, 0.25) is 0 Å². The van der Waals surface area contributed by atoms with Gasteiger partial charge in [0.1, 0.15) is 5.82 Å². The topological polar surface area (TPSA) is 40.5 Å². The summed E-state index contributed by atoms with van der Waals surface area (Å²) in [5.41, 5.74) is 6.58. The second-order valence-electron chi connectivity index (χ2n) is 8.04. The molecule has 0 spiro atoms. The number of rotatable bonds is 3. The average molecular weight is 390 g/mol. The normalized spacial score (nSPS) is 19.0. The van der Waals surface area contributed by atoms with Crippen LogP contribution in [0.3, 0.4) is 0 Å². The summed E-state index contributed by atoms with van der Waals surface area (Å²) in [5.74, 6) is 0.688. The summed E-state index contributed by atoms with van der Waals surface area (Å²) >= 11 is 0. The number of anilines is 2. The molecule has 28 heavy (non-hydrogen) atoms. The Morgan fingerprint density at radius 1 is 1.29 bits per heavy atom.